The van der Waals surface area contributed by atoms with Crippen LogP contribution in [0.2, 0.25) is 10.0 Å². The molecular formula is C24H17Cl2N3O3. The minimum atomic E-state index is -1.82. The van der Waals surface area contributed by atoms with Gasteiger partial charge in [-0.05, 0) is 60.7 Å². The molecule has 2 aliphatic rings. The van der Waals surface area contributed by atoms with Crippen molar-refractivity contribution in [2.45, 2.75) is 11.3 Å². The van der Waals surface area contributed by atoms with E-state index in [4.69, 9.17) is 27.9 Å². The highest BCUT2D eigenvalue weighted by Crippen LogP contribution is 2.54. The molecule has 1 N–H and O–H groups in total. The van der Waals surface area contributed by atoms with E-state index in [0.29, 0.717) is 32.5 Å². The van der Waals surface area contributed by atoms with Crippen molar-refractivity contribution in [3.63, 3.8) is 0 Å². The summed E-state index contributed by atoms with van der Waals surface area (Å²) in [6.07, 6.45) is 0. The Labute approximate surface area is 194 Å². The molecule has 5 rings (SSSR count). The summed E-state index contributed by atoms with van der Waals surface area (Å²) in [5.74, 6) is 0. The van der Waals surface area contributed by atoms with E-state index in [1.807, 2.05) is 0 Å². The first-order valence-corrected chi connectivity index (χ1v) is 10.6. The number of amides is 2. The van der Waals surface area contributed by atoms with Gasteiger partial charge in [0.2, 0.25) is 5.72 Å². The zero-order valence-electron chi connectivity index (χ0n) is 16.7. The summed E-state index contributed by atoms with van der Waals surface area (Å²) in [6.45, 7) is 0.220. The number of anilines is 2. The summed E-state index contributed by atoms with van der Waals surface area (Å²) >= 11 is 12.1. The van der Waals surface area contributed by atoms with Crippen molar-refractivity contribution in [2.24, 2.45) is 0 Å². The normalized spacial score (nSPS) is 21.5. The van der Waals surface area contributed by atoms with E-state index in [0.717, 1.165) is 0 Å². The molecule has 3 aromatic rings. The van der Waals surface area contributed by atoms with Crippen LogP contribution >= 0.6 is 23.2 Å². The number of hydrogen-bond donors (Lipinski definition) is 1. The van der Waals surface area contributed by atoms with Crippen molar-refractivity contribution in [1.29, 1.82) is 5.26 Å². The molecule has 0 bridgehead atoms. The molecule has 0 radical (unpaired) electrons. The minimum Gasteiger partial charge on any atom is -0.376 e. The van der Waals surface area contributed by atoms with Crippen molar-refractivity contribution in [3.05, 3.63) is 94.0 Å². The predicted octanol–water partition coefficient (Wildman–Crippen LogP) is 4.93. The van der Waals surface area contributed by atoms with Crippen LogP contribution in [-0.4, -0.2) is 29.9 Å². The number of halogens is 2. The van der Waals surface area contributed by atoms with E-state index in [2.05, 4.69) is 6.07 Å². The topological polar surface area (TPSA) is 76.8 Å². The maximum atomic E-state index is 13.9. The van der Waals surface area contributed by atoms with Crippen LogP contribution in [0.1, 0.15) is 11.1 Å². The minimum absolute atomic E-state index is 0.110. The Balaban J connectivity index is 1.77. The van der Waals surface area contributed by atoms with E-state index in [1.165, 1.54) is 4.90 Å². The lowest BCUT2D eigenvalue weighted by atomic mass is 9.78. The largest absolute Gasteiger partial charge is 0.376 e. The Bertz CT molecular complexity index is 1240. The van der Waals surface area contributed by atoms with Crippen molar-refractivity contribution < 1.29 is 14.6 Å². The number of nitriles is 1. The van der Waals surface area contributed by atoms with Gasteiger partial charge in [-0.1, -0.05) is 35.3 Å². The van der Waals surface area contributed by atoms with Crippen molar-refractivity contribution >= 4 is 40.6 Å². The molecule has 2 amide bonds. The molecule has 1 spiro atoms. The predicted molar refractivity (Wildman–Crippen MR) is 122 cm³/mol. The van der Waals surface area contributed by atoms with Crippen LogP contribution in [0.15, 0.2) is 72.8 Å². The highest BCUT2D eigenvalue weighted by molar-refractivity contribution is 6.31. The third-order valence-corrected chi connectivity index (χ3v) is 6.53. The third-order valence-electron chi connectivity index (χ3n) is 6.03. The van der Waals surface area contributed by atoms with E-state index in [9.17, 15) is 15.2 Å². The highest BCUT2D eigenvalue weighted by atomic mass is 35.5. The zero-order chi connectivity index (χ0) is 22.5. The number of carbonyl (C=O) groups excluding carboxylic acids is 1. The number of carbonyl (C=O) groups is 1. The summed E-state index contributed by atoms with van der Waals surface area (Å²) in [7, 11) is 0. The quantitative estimate of drug-likeness (QED) is 0.594. The molecular weight excluding hydrogens is 449 g/mol. The molecule has 8 heteroatoms. The average Bonchev–Trinajstić information content (AvgIpc) is 3.00. The molecule has 1 unspecified atom stereocenters. The van der Waals surface area contributed by atoms with E-state index in [-0.39, 0.29) is 13.2 Å². The SMILES string of the molecule is N#Cc1cccc(C2(O)N(c3ccc(Cl)cc3)C(=O)N(c3ccc(Cl)cc3)C23COC3)c1. The molecule has 6 nitrogen and oxygen atoms in total. The summed E-state index contributed by atoms with van der Waals surface area (Å²) in [5, 5.41) is 22.9. The second kappa shape index (κ2) is 7.51. The van der Waals surface area contributed by atoms with Crippen molar-refractivity contribution in [2.75, 3.05) is 23.0 Å². The summed E-state index contributed by atoms with van der Waals surface area (Å²) < 4.78 is 5.57. The molecule has 1 atom stereocenters. The van der Waals surface area contributed by atoms with Gasteiger partial charge in [0.25, 0.3) is 0 Å². The van der Waals surface area contributed by atoms with E-state index in [1.54, 1.807) is 77.7 Å². The number of urea groups is 1. The van der Waals surface area contributed by atoms with Crippen molar-refractivity contribution in [1.82, 2.24) is 0 Å². The average molecular weight is 466 g/mol. The number of rotatable bonds is 3. The lowest BCUT2D eigenvalue weighted by molar-refractivity contribution is -0.153. The first-order chi connectivity index (χ1) is 15.4. The Hall–Kier alpha value is -3.08. The molecule has 32 heavy (non-hydrogen) atoms. The van der Waals surface area contributed by atoms with Crippen LogP contribution in [0.4, 0.5) is 16.2 Å². The van der Waals surface area contributed by atoms with Gasteiger partial charge in [-0.15, -0.1) is 0 Å². The summed E-state index contributed by atoms with van der Waals surface area (Å²) in [4.78, 5) is 16.8. The molecule has 2 aliphatic heterocycles. The Kier molecular flexibility index (Phi) is 4.88. The van der Waals surface area contributed by atoms with Crippen LogP contribution in [0, 0.1) is 11.3 Å². The number of aliphatic hydroxyl groups is 1. The van der Waals surface area contributed by atoms with Gasteiger partial charge in [-0.2, -0.15) is 5.26 Å². The lowest BCUT2D eigenvalue weighted by Gasteiger charge is -2.51. The standard InChI is InChI=1S/C24H17Cl2N3O3/c25-18-4-8-20(9-5-18)28-22(30)29(21-10-6-19(26)7-11-21)24(31,23(28)14-32-15-23)17-3-1-2-16(12-17)13-27/h1-12,31H,14-15H2. The second-order valence-electron chi connectivity index (χ2n) is 7.80. The fourth-order valence-corrected chi connectivity index (χ4v) is 4.70. The lowest BCUT2D eigenvalue weighted by Crippen LogP contribution is -2.70. The number of hydrogen-bond acceptors (Lipinski definition) is 4. The smallest absolute Gasteiger partial charge is 0.332 e. The third kappa shape index (κ3) is 2.83. The fraction of sp³-hybridized carbons (Fsp3) is 0.167. The number of ether oxygens (including phenoxy) is 1. The van der Waals surface area contributed by atoms with Gasteiger partial charge in [0, 0.05) is 27.0 Å². The molecule has 2 heterocycles. The van der Waals surface area contributed by atoms with Crippen molar-refractivity contribution in [3.8, 4) is 6.07 Å². The van der Waals surface area contributed by atoms with Crippen LogP contribution in [0.5, 0.6) is 0 Å². The van der Waals surface area contributed by atoms with Gasteiger partial charge in [0.15, 0.2) is 0 Å². The van der Waals surface area contributed by atoms with Gasteiger partial charge in [-0.25, -0.2) is 4.79 Å². The molecule has 0 aliphatic carbocycles. The van der Waals surface area contributed by atoms with Gasteiger partial charge >= 0.3 is 6.03 Å². The number of nitrogens with zero attached hydrogens (tertiary/aromatic N) is 3. The molecule has 160 valence electrons. The second-order valence-corrected chi connectivity index (χ2v) is 8.67. The Morgan fingerprint density at radius 3 is 1.97 bits per heavy atom. The van der Waals surface area contributed by atoms with E-state index < -0.39 is 17.3 Å². The van der Waals surface area contributed by atoms with Crippen LogP contribution in [0.3, 0.4) is 0 Å². The summed E-state index contributed by atoms with van der Waals surface area (Å²) in [6, 6.07) is 21.8. The first-order valence-electron chi connectivity index (χ1n) is 9.87. The first kappa shape index (κ1) is 20.8. The Morgan fingerprint density at radius 1 is 0.906 bits per heavy atom. The van der Waals surface area contributed by atoms with Gasteiger partial charge < -0.3 is 9.84 Å². The molecule has 0 saturated carbocycles. The molecule has 2 fully saturated rings. The van der Waals surface area contributed by atoms with Gasteiger partial charge in [0.1, 0.15) is 5.54 Å². The Morgan fingerprint density at radius 2 is 1.47 bits per heavy atom. The zero-order valence-corrected chi connectivity index (χ0v) is 18.2. The maximum Gasteiger partial charge on any atom is 0.332 e. The van der Waals surface area contributed by atoms with Gasteiger partial charge in [-0.3, -0.25) is 9.80 Å². The molecule has 0 aromatic heterocycles. The monoisotopic (exact) mass is 465 g/mol. The van der Waals surface area contributed by atoms with E-state index >= 15 is 0 Å². The number of benzene rings is 3. The van der Waals surface area contributed by atoms with Crippen LogP contribution in [-0.2, 0) is 10.5 Å². The summed E-state index contributed by atoms with van der Waals surface area (Å²) in [5.41, 5.74) is -1.10. The molecule has 3 aromatic carbocycles. The van der Waals surface area contributed by atoms with Crippen LogP contribution in [0.25, 0.3) is 0 Å². The highest BCUT2D eigenvalue weighted by Gasteiger charge is 2.72. The maximum absolute atomic E-state index is 13.9. The fourth-order valence-electron chi connectivity index (χ4n) is 4.45. The molecule has 2 saturated heterocycles. The van der Waals surface area contributed by atoms with Gasteiger partial charge in [0.05, 0.1) is 24.8 Å². The van der Waals surface area contributed by atoms with Crippen LogP contribution < -0.4 is 9.80 Å².